The van der Waals surface area contributed by atoms with Gasteiger partial charge in [0.1, 0.15) is 0 Å². The Balaban J connectivity index is 4.44. The molecule has 0 aliphatic rings. The molecule has 2 N–H and O–H groups in total. The first-order chi connectivity index (χ1) is 5.43. The van der Waals surface area contributed by atoms with Crippen molar-refractivity contribution < 1.29 is 0 Å². The highest BCUT2D eigenvalue weighted by atomic mass is 15.3. The number of nitrogens with two attached hydrogens (primary N) is 1. The monoisotopic (exact) mass is 171 g/mol. The van der Waals surface area contributed by atoms with Crippen LogP contribution in [0.4, 0.5) is 0 Å². The summed E-state index contributed by atoms with van der Waals surface area (Å²) in [5, 5.41) is 0. The maximum Gasteiger partial charge on any atom is 0.191 e. The van der Waals surface area contributed by atoms with Crippen molar-refractivity contribution in [1.82, 2.24) is 4.90 Å². The molecule has 3 nitrogen and oxygen atoms in total. The minimum Gasteiger partial charge on any atom is -0.370 e. The van der Waals surface area contributed by atoms with Crippen LogP contribution in [0.1, 0.15) is 34.1 Å². The molecule has 0 aromatic carbocycles. The number of nitrogens with zero attached hydrogens (tertiary/aromatic N) is 2. The van der Waals surface area contributed by atoms with E-state index in [2.05, 4.69) is 37.6 Å². The van der Waals surface area contributed by atoms with Gasteiger partial charge in [-0.1, -0.05) is 6.92 Å². The Hall–Kier alpha value is -0.730. The van der Waals surface area contributed by atoms with Crippen LogP contribution in [0.2, 0.25) is 0 Å². The zero-order valence-corrected chi connectivity index (χ0v) is 8.89. The van der Waals surface area contributed by atoms with E-state index in [-0.39, 0.29) is 5.54 Å². The van der Waals surface area contributed by atoms with Gasteiger partial charge in [0.05, 0.1) is 0 Å². The van der Waals surface area contributed by atoms with Crippen molar-refractivity contribution in [1.29, 1.82) is 0 Å². The van der Waals surface area contributed by atoms with Gasteiger partial charge in [-0.15, -0.1) is 0 Å². The molecular weight excluding hydrogens is 150 g/mol. The van der Waals surface area contributed by atoms with E-state index in [4.69, 9.17) is 5.73 Å². The average molecular weight is 171 g/mol. The first kappa shape index (κ1) is 11.3. The third-order valence-electron chi connectivity index (χ3n) is 1.76. The van der Waals surface area contributed by atoms with Crippen LogP contribution in [0.3, 0.4) is 0 Å². The fraction of sp³-hybridized carbons (Fsp3) is 0.889. The van der Waals surface area contributed by atoms with Gasteiger partial charge in [0.25, 0.3) is 0 Å². The molecule has 0 rings (SSSR count). The summed E-state index contributed by atoms with van der Waals surface area (Å²) in [6.07, 6.45) is 1.09. The van der Waals surface area contributed by atoms with E-state index in [1.165, 1.54) is 0 Å². The van der Waals surface area contributed by atoms with E-state index in [9.17, 15) is 0 Å². The van der Waals surface area contributed by atoms with Gasteiger partial charge in [-0.3, -0.25) is 4.99 Å². The van der Waals surface area contributed by atoms with Crippen molar-refractivity contribution in [2.24, 2.45) is 10.7 Å². The van der Waals surface area contributed by atoms with Crippen molar-refractivity contribution in [2.45, 2.75) is 39.7 Å². The van der Waals surface area contributed by atoms with Gasteiger partial charge < -0.3 is 10.6 Å². The topological polar surface area (TPSA) is 41.6 Å². The lowest BCUT2D eigenvalue weighted by Crippen LogP contribution is -2.49. The van der Waals surface area contributed by atoms with E-state index in [1.54, 1.807) is 7.05 Å². The Kier molecular flexibility index (Phi) is 4.07. The minimum atomic E-state index is 0.0691. The molecule has 0 aromatic rings. The zero-order chi connectivity index (χ0) is 9.78. The number of aliphatic imine (C=N–C) groups is 1. The SMILES string of the molecule is CCCN(C(N)=NC)C(C)(C)C. The maximum atomic E-state index is 5.77. The highest BCUT2D eigenvalue weighted by Gasteiger charge is 2.21. The Morgan fingerprint density at radius 2 is 1.92 bits per heavy atom. The second-order valence-electron chi connectivity index (χ2n) is 3.90. The Morgan fingerprint density at radius 1 is 1.42 bits per heavy atom. The first-order valence-corrected chi connectivity index (χ1v) is 4.43. The quantitative estimate of drug-likeness (QED) is 0.504. The van der Waals surface area contributed by atoms with Crippen molar-refractivity contribution >= 4 is 5.96 Å². The molecule has 0 aromatic heterocycles. The molecular formula is C9H21N3. The van der Waals surface area contributed by atoms with Crippen LogP contribution in [0.15, 0.2) is 4.99 Å². The van der Waals surface area contributed by atoms with E-state index < -0.39 is 0 Å². The third kappa shape index (κ3) is 3.11. The molecule has 0 aliphatic heterocycles. The van der Waals surface area contributed by atoms with Gasteiger partial charge >= 0.3 is 0 Å². The zero-order valence-electron chi connectivity index (χ0n) is 8.89. The Bertz CT molecular complexity index is 156. The molecule has 0 saturated heterocycles. The highest BCUT2D eigenvalue weighted by molar-refractivity contribution is 5.78. The van der Waals surface area contributed by atoms with Crippen molar-refractivity contribution in [3.63, 3.8) is 0 Å². The molecule has 12 heavy (non-hydrogen) atoms. The predicted molar refractivity (Wildman–Crippen MR) is 54.3 cm³/mol. The van der Waals surface area contributed by atoms with Crippen LogP contribution in [0, 0.1) is 0 Å². The van der Waals surface area contributed by atoms with E-state index in [0.29, 0.717) is 5.96 Å². The number of rotatable bonds is 2. The van der Waals surface area contributed by atoms with Crippen LogP contribution in [-0.2, 0) is 0 Å². The molecule has 3 heteroatoms. The summed E-state index contributed by atoms with van der Waals surface area (Å²) >= 11 is 0. The molecule has 0 radical (unpaired) electrons. The largest absolute Gasteiger partial charge is 0.370 e. The molecule has 72 valence electrons. The predicted octanol–water partition coefficient (Wildman–Crippen LogP) is 1.44. The lowest BCUT2D eigenvalue weighted by atomic mass is 10.1. The lowest BCUT2D eigenvalue weighted by molar-refractivity contribution is 0.234. The molecule has 0 fully saturated rings. The summed E-state index contributed by atoms with van der Waals surface area (Å²) in [6.45, 7) is 9.52. The Morgan fingerprint density at radius 3 is 2.17 bits per heavy atom. The molecule has 0 aliphatic carbocycles. The molecule has 0 saturated carbocycles. The van der Waals surface area contributed by atoms with Crippen molar-refractivity contribution in [3.8, 4) is 0 Å². The Labute approximate surface area is 75.7 Å². The molecule has 0 spiro atoms. The van der Waals surface area contributed by atoms with E-state index in [0.717, 1.165) is 13.0 Å². The van der Waals surface area contributed by atoms with Crippen LogP contribution < -0.4 is 5.73 Å². The molecule has 0 atom stereocenters. The van der Waals surface area contributed by atoms with Gasteiger partial charge in [-0.2, -0.15) is 0 Å². The van der Waals surface area contributed by atoms with Gasteiger partial charge in [0, 0.05) is 19.1 Å². The number of hydrogen-bond donors (Lipinski definition) is 1. The van der Waals surface area contributed by atoms with Gasteiger partial charge in [0.2, 0.25) is 0 Å². The van der Waals surface area contributed by atoms with Crippen LogP contribution >= 0.6 is 0 Å². The van der Waals surface area contributed by atoms with Gasteiger partial charge in [-0.05, 0) is 27.2 Å². The van der Waals surface area contributed by atoms with Gasteiger partial charge in [-0.25, -0.2) is 0 Å². The average Bonchev–Trinajstić information content (AvgIpc) is 1.96. The van der Waals surface area contributed by atoms with E-state index in [1.807, 2.05) is 0 Å². The number of hydrogen-bond acceptors (Lipinski definition) is 1. The normalized spacial score (nSPS) is 13.2. The fourth-order valence-corrected chi connectivity index (χ4v) is 1.14. The van der Waals surface area contributed by atoms with Crippen molar-refractivity contribution in [2.75, 3.05) is 13.6 Å². The summed E-state index contributed by atoms with van der Waals surface area (Å²) < 4.78 is 0. The molecule has 0 bridgehead atoms. The second-order valence-corrected chi connectivity index (χ2v) is 3.90. The summed E-state index contributed by atoms with van der Waals surface area (Å²) in [6, 6.07) is 0. The first-order valence-electron chi connectivity index (χ1n) is 4.43. The molecule has 0 amide bonds. The summed E-state index contributed by atoms with van der Waals surface area (Å²) in [4.78, 5) is 6.11. The smallest absolute Gasteiger partial charge is 0.191 e. The summed E-state index contributed by atoms with van der Waals surface area (Å²) in [5.74, 6) is 0.629. The third-order valence-corrected chi connectivity index (χ3v) is 1.76. The lowest BCUT2D eigenvalue weighted by Gasteiger charge is -2.36. The maximum absolute atomic E-state index is 5.77. The highest BCUT2D eigenvalue weighted by Crippen LogP contribution is 2.12. The second kappa shape index (κ2) is 4.33. The standard InChI is InChI=1S/C9H21N3/c1-6-7-12(8(10)11-5)9(2,3)4/h6-7H2,1-5H3,(H2,10,11). The van der Waals surface area contributed by atoms with Crippen LogP contribution in [0.25, 0.3) is 0 Å². The summed E-state index contributed by atoms with van der Waals surface area (Å²) in [5.41, 5.74) is 5.83. The van der Waals surface area contributed by atoms with Crippen LogP contribution in [0.5, 0.6) is 0 Å². The fourth-order valence-electron chi connectivity index (χ4n) is 1.14. The summed E-state index contributed by atoms with van der Waals surface area (Å²) in [7, 11) is 1.73. The van der Waals surface area contributed by atoms with Gasteiger partial charge in [0.15, 0.2) is 5.96 Å². The van der Waals surface area contributed by atoms with Crippen LogP contribution in [-0.4, -0.2) is 30.0 Å². The molecule has 0 heterocycles. The van der Waals surface area contributed by atoms with Crippen molar-refractivity contribution in [3.05, 3.63) is 0 Å². The van der Waals surface area contributed by atoms with E-state index >= 15 is 0 Å². The molecule has 0 unspecified atom stereocenters. The minimum absolute atomic E-state index is 0.0691. The number of guanidine groups is 1.